The van der Waals surface area contributed by atoms with Crippen molar-refractivity contribution in [2.24, 2.45) is 5.92 Å². The van der Waals surface area contributed by atoms with Crippen LogP contribution in [0.1, 0.15) is 18.9 Å². The molecule has 122 valence electrons. The zero-order valence-corrected chi connectivity index (χ0v) is 12.2. The van der Waals surface area contributed by atoms with Crippen LogP contribution in [0, 0.1) is 5.92 Å². The van der Waals surface area contributed by atoms with Gasteiger partial charge >= 0.3 is 12.2 Å². The third kappa shape index (κ3) is 4.62. The Balaban J connectivity index is 1.98. The standard InChI is InChI=1S/C15H19F3N2O2/c1-10-5-6-20(9-13(10)21)14(22)19-12-4-2-3-11(7-12)8-15(16,17)18/h2-4,7,10,13,21H,5-6,8-9H2,1H3,(H,19,22). The molecule has 0 bridgehead atoms. The molecule has 7 heteroatoms. The first-order valence-electron chi connectivity index (χ1n) is 7.14. The van der Waals surface area contributed by atoms with E-state index in [1.54, 1.807) is 6.07 Å². The number of nitrogens with one attached hydrogen (secondary N) is 1. The van der Waals surface area contributed by atoms with Gasteiger partial charge in [-0.3, -0.25) is 0 Å². The molecule has 2 unspecified atom stereocenters. The summed E-state index contributed by atoms with van der Waals surface area (Å²) in [6.07, 6.45) is -5.19. The van der Waals surface area contributed by atoms with Gasteiger partial charge in [0.05, 0.1) is 12.5 Å². The van der Waals surface area contributed by atoms with Gasteiger partial charge in [0, 0.05) is 18.8 Å². The molecule has 2 rings (SSSR count). The summed E-state index contributed by atoms with van der Waals surface area (Å²) in [5, 5.41) is 12.4. The summed E-state index contributed by atoms with van der Waals surface area (Å²) < 4.78 is 37.1. The molecule has 1 aromatic rings. The number of aliphatic hydroxyl groups excluding tert-OH is 1. The number of anilines is 1. The number of hydrogen-bond donors (Lipinski definition) is 2. The van der Waals surface area contributed by atoms with E-state index in [1.165, 1.54) is 23.1 Å². The van der Waals surface area contributed by atoms with Crippen LogP contribution in [-0.4, -0.2) is 41.4 Å². The Bertz CT molecular complexity index is 534. The molecule has 2 amide bonds. The fourth-order valence-electron chi connectivity index (χ4n) is 2.43. The largest absolute Gasteiger partial charge is 0.393 e. The number of rotatable bonds is 2. The molecule has 0 radical (unpaired) electrons. The Morgan fingerprint density at radius 3 is 2.82 bits per heavy atom. The highest BCUT2D eigenvalue weighted by molar-refractivity contribution is 5.89. The molecular formula is C15H19F3N2O2. The van der Waals surface area contributed by atoms with E-state index in [1.807, 2.05) is 6.92 Å². The molecule has 4 nitrogen and oxygen atoms in total. The quantitative estimate of drug-likeness (QED) is 0.881. The van der Waals surface area contributed by atoms with E-state index in [2.05, 4.69) is 5.32 Å². The van der Waals surface area contributed by atoms with Gasteiger partial charge in [-0.2, -0.15) is 13.2 Å². The highest BCUT2D eigenvalue weighted by Crippen LogP contribution is 2.23. The molecule has 0 aliphatic carbocycles. The minimum atomic E-state index is -4.28. The van der Waals surface area contributed by atoms with E-state index >= 15 is 0 Å². The van der Waals surface area contributed by atoms with Crippen LogP contribution in [0.5, 0.6) is 0 Å². The topological polar surface area (TPSA) is 52.6 Å². The summed E-state index contributed by atoms with van der Waals surface area (Å²) in [6, 6.07) is 5.30. The Hall–Kier alpha value is -1.76. The van der Waals surface area contributed by atoms with Gasteiger partial charge in [-0.05, 0) is 30.0 Å². The maximum atomic E-state index is 12.4. The zero-order chi connectivity index (χ0) is 16.3. The van der Waals surface area contributed by atoms with Gasteiger partial charge in [0.15, 0.2) is 0 Å². The van der Waals surface area contributed by atoms with Crippen LogP contribution in [0.3, 0.4) is 0 Å². The zero-order valence-electron chi connectivity index (χ0n) is 12.2. The van der Waals surface area contributed by atoms with E-state index < -0.39 is 24.7 Å². The average Bonchev–Trinajstić information content (AvgIpc) is 2.40. The van der Waals surface area contributed by atoms with Crippen molar-refractivity contribution in [3.8, 4) is 0 Å². The summed E-state index contributed by atoms with van der Waals surface area (Å²) >= 11 is 0. The number of hydrogen-bond acceptors (Lipinski definition) is 2. The average molecular weight is 316 g/mol. The predicted molar refractivity (Wildman–Crippen MR) is 76.6 cm³/mol. The van der Waals surface area contributed by atoms with E-state index in [0.717, 1.165) is 0 Å². The smallest absolute Gasteiger partial charge is 0.391 e. The van der Waals surface area contributed by atoms with E-state index in [9.17, 15) is 23.1 Å². The number of amides is 2. The second kappa shape index (κ2) is 6.56. The van der Waals surface area contributed by atoms with Crippen molar-refractivity contribution in [2.75, 3.05) is 18.4 Å². The minimum absolute atomic E-state index is 0.0950. The monoisotopic (exact) mass is 316 g/mol. The first-order valence-corrected chi connectivity index (χ1v) is 7.14. The van der Waals surface area contributed by atoms with Crippen LogP contribution in [0.2, 0.25) is 0 Å². The van der Waals surface area contributed by atoms with Crippen LogP contribution in [0.25, 0.3) is 0 Å². The lowest BCUT2D eigenvalue weighted by Crippen LogP contribution is -2.47. The van der Waals surface area contributed by atoms with Crippen molar-refractivity contribution in [2.45, 2.75) is 32.0 Å². The van der Waals surface area contributed by atoms with Gasteiger partial charge < -0.3 is 15.3 Å². The van der Waals surface area contributed by atoms with Gasteiger partial charge in [0.2, 0.25) is 0 Å². The Morgan fingerprint density at radius 1 is 1.45 bits per heavy atom. The molecule has 1 aliphatic rings. The van der Waals surface area contributed by atoms with Crippen molar-refractivity contribution in [3.05, 3.63) is 29.8 Å². The van der Waals surface area contributed by atoms with Crippen LogP contribution >= 0.6 is 0 Å². The van der Waals surface area contributed by atoms with Crippen molar-refractivity contribution in [1.82, 2.24) is 4.90 Å². The van der Waals surface area contributed by atoms with Gasteiger partial charge in [-0.1, -0.05) is 19.1 Å². The number of halogens is 3. The molecule has 1 saturated heterocycles. The van der Waals surface area contributed by atoms with Crippen LogP contribution in [-0.2, 0) is 6.42 Å². The van der Waals surface area contributed by atoms with Crippen LogP contribution < -0.4 is 5.32 Å². The third-order valence-electron chi connectivity index (χ3n) is 3.79. The van der Waals surface area contributed by atoms with Crippen molar-refractivity contribution in [1.29, 1.82) is 0 Å². The van der Waals surface area contributed by atoms with Crippen molar-refractivity contribution >= 4 is 11.7 Å². The lowest BCUT2D eigenvalue weighted by Gasteiger charge is -2.34. The molecule has 22 heavy (non-hydrogen) atoms. The fourth-order valence-corrected chi connectivity index (χ4v) is 2.43. The number of β-amino-alcohol motifs (C(OH)–C–C–N with tert-alkyl or cyclic N) is 1. The minimum Gasteiger partial charge on any atom is -0.391 e. The number of alkyl halides is 3. The highest BCUT2D eigenvalue weighted by atomic mass is 19.4. The Morgan fingerprint density at radius 2 is 2.18 bits per heavy atom. The summed E-state index contributed by atoms with van der Waals surface area (Å²) in [4.78, 5) is 13.6. The second-order valence-electron chi connectivity index (χ2n) is 5.70. The molecule has 1 aliphatic heterocycles. The van der Waals surface area contributed by atoms with Gasteiger partial charge in [0.25, 0.3) is 0 Å². The van der Waals surface area contributed by atoms with Gasteiger partial charge in [-0.15, -0.1) is 0 Å². The highest BCUT2D eigenvalue weighted by Gasteiger charge is 2.29. The molecule has 0 saturated carbocycles. The second-order valence-corrected chi connectivity index (χ2v) is 5.70. The maximum absolute atomic E-state index is 12.4. The van der Waals surface area contributed by atoms with Crippen LogP contribution in [0.4, 0.5) is 23.7 Å². The number of benzene rings is 1. The number of aliphatic hydroxyl groups is 1. The summed E-state index contributed by atoms with van der Waals surface area (Å²) in [7, 11) is 0. The summed E-state index contributed by atoms with van der Waals surface area (Å²) in [6.45, 7) is 2.67. The number of nitrogens with zero attached hydrogens (tertiary/aromatic N) is 1. The van der Waals surface area contributed by atoms with Crippen LogP contribution in [0.15, 0.2) is 24.3 Å². The van der Waals surface area contributed by atoms with Crippen molar-refractivity contribution < 1.29 is 23.1 Å². The molecule has 0 aromatic heterocycles. The lowest BCUT2D eigenvalue weighted by atomic mass is 9.96. The molecule has 2 N–H and O–H groups in total. The third-order valence-corrected chi connectivity index (χ3v) is 3.79. The number of piperidine rings is 1. The molecule has 0 spiro atoms. The normalized spacial score (nSPS) is 22.5. The number of carbonyl (C=O) groups excluding carboxylic acids is 1. The first kappa shape index (κ1) is 16.6. The van der Waals surface area contributed by atoms with E-state index in [-0.39, 0.29) is 18.0 Å². The van der Waals surface area contributed by atoms with E-state index in [4.69, 9.17) is 0 Å². The summed E-state index contributed by atoms with van der Waals surface area (Å²) in [5.74, 6) is 0.138. The van der Waals surface area contributed by atoms with E-state index in [0.29, 0.717) is 18.7 Å². The number of likely N-dealkylation sites (tertiary alicyclic amines) is 1. The Kier molecular flexibility index (Phi) is 4.95. The predicted octanol–water partition coefficient (Wildman–Crippen LogP) is 3.03. The first-order chi connectivity index (χ1) is 10.2. The Labute approximate surface area is 126 Å². The van der Waals surface area contributed by atoms with Crippen molar-refractivity contribution in [3.63, 3.8) is 0 Å². The maximum Gasteiger partial charge on any atom is 0.393 e. The lowest BCUT2D eigenvalue weighted by molar-refractivity contribution is -0.127. The molecule has 1 heterocycles. The fraction of sp³-hybridized carbons (Fsp3) is 0.533. The molecule has 1 fully saturated rings. The molecular weight excluding hydrogens is 297 g/mol. The number of carbonyl (C=O) groups is 1. The molecule has 1 aromatic carbocycles. The SMILES string of the molecule is CC1CCN(C(=O)Nc2cccc(CC(F)(F)F)c2)CC1O. The molecule has 2 atom stereocenters. The van der Waals surface area contributed by atoms with Gasteiger partial charge in [0.1, 0.15) is 0 Å². The summed E-state index contributed by atoms with van der Waals surface area (Å²) in [5.41, 5.74) is 0.414. The van der Waals surface area contributed by atoms with Gasteiger partial charge in [-0.25, -0.2) is 4.79 Å². The number of urea groups is 1.